The first-order valence-electron chi connectivity index (χ1n) is 6.23. The molecule has 106 valence electrons. The lowest BCUT2D eigenvalue weighted by molar-refractivity contribution is 0.0658. The van der Waals surface area contributed by atoms with Crippen LogP contribution in [0.4, 0.5) is 0 Å². The van der Waals surface area contributed by atoms with Crippen LogP contribution in [-0.2, 0) is 0 Å². The summed E-state index contributed by atoms with van der Waals surface area (Å²) in [6.45, 7) is -0.126. The van der Waals surface area contributed by atoms with Crippen molar-refractivity contribution in [1.82, 2.24) is 4.90 Å². The average Bonchev–Trinajstić information content (AvgIpc) is 2.97. The Morgan fingerprint density at radius 1 is 1.40 bits per heavy atom. The second kappa shape index (κ2) is 6.63. The van der Waals surface area contributed by atoms with Crippen molar-refractivity contribution < 1.29 is 14.3 Å². The standard InChI is InChI=1S/C15H17NO3S/c1-16(13(9-17)11-6-4-3-5-7-11)15(18)12-8-14(20-2)19-10-12/h3-8,10,13,17H,9H2,1-2H3. The molecule has 4 nitrogen and oxygen atoms in total. The molecule has 1 amide bonds. The molecule has 1 unspecified atom stereocenters. The third-order valence-electron chi connectivity index (χ3n) is 3.17. The van der Waals surface area contributed by atoms with Crippen LogP contribution in [0, 0.1) is 0 Å². The Labute approximate surface area is 122 Å². The molecule has 0 spiro atoms. The first-order valence-corrected chi connectivity index (χ1v) is 7.45. The summed E-state index contributed by atoms with van der Waals surface area (Å²) in [6, 6.07) is 10.8. The fraction of sp³-hybridized carbons (Fsp3) is 0.267. The van der Waals surface area contributed by atoms with Crippen molar-refractivity contribution in [1.29, 1.82) is 0 Å². The highest BCUT2D eigenvalue weighted by molar-refractivity contribution is 7.98. The Morgan fingerprint density at radius 3 is 2.65 bits per heavy atom. The van der Waals surface area contributed by atoms with Gasteiger partial charge in [-0.05, 0) is 11.8 Å². The van der Waals surface area contributed by atoms with Crippen LogP contribution in [0.5, 0.6) is 0 Å². The van der Waals surface area contributed by atoms with Gasteiger partial charge in [0.05, 0.1) is 18.2 Å². The average molecular weight is 291 g/mol. The Hall–Kier alpha value is -1.72. The van der Waals surface area contributed by atoms with Gasteiger partial charge in [-0.15, -0.1) is 0 Å². The number of likely N-dealkylation sites (N-methyl/N-ethyl adjacent to an activating group) is 1. The first-order chi connectivity index (χ1) is 9.67. The summed E-state index contributed by atoms with van der Waals surface area (Å²) in [4.78, 5) is 13.9. The summed E-state index contributed by atoms with van der Waals surface area (Å²) in [5, 5.41) is 10.3. The van der Waals surface area contributed by atoms with Gasteiger partial charge in [0.1, 0.15) is 6.26 Å². The second-order valence-electron chi connectivity index (χ2n) is 4.38. The lowest BCUT2D eigenvalue weighted by Crippen LogP contribution is -2.33. The number of nitrogens with zero attached hydrogens (tertiary/aromatic N) is 1. The second-order valence-corrected chi connectivity index (χ2v) is 5.19. The highest BCUT2D eigenvalue weighted by Gasteiger charge is 2.23. The van der Waals surface area contributed by atoms with E-state index >= 15 is 0 Å². The molecule has 0 saturated carbocycles. The van der Waals surface area contributed by atoms with Crippen molar-refractivity contribution in [3.05, 3.63) is 53.8 Å². The maximum atomic E-state index is 12.4. The van der Waals surface area contributed by atoms with Crippen molar-refractivity contribution in [2.45, 2.75) is 11.1 Å². The Morgan fingerprint density at radius 2 is 2.10 bits per heavy atom. The highest BCUT2D eigenvalue weighted by Crippen LogP contribution is 2.23. The lowest BCUT2D eigenvalue weighted by atomic mass is 10.1. The van der Waals surface area contributed by atoms with Gasteiger partial charge in [-0.3, -0.25) is 4.79 Å². The molecule has 0 aliphatic rings. The van der Waals surface area contributed by atoms with E-state index in [1.54, 1.807) is 13.1 Å². The van der Waals surface area contributed by atoms with E-state index in [4.69, 9.17) is 4.42 Å². The Kier molecular flexibility index (Phi) is 4.87. The number of aliphatic hydroxyl groups excluding tert-OH is 1. The molecule has 5 heteroatoms. The molecular formula is C15H17NO3S. The summed E-state index contributed by atoms with van der Waals surface area (Å²) >= 11 is 1.44. The van der Waals surface area contributed by atoms with Crippen LogP contribution in [0.3, 0.4) is 0 Å². The first kappa shape index (κ1) is 14.7. The van der Waals surface area contributed by atoms with Crippen molar-refractivity contribution in [3.63, 3.8) is 0 Å². The zero-order valence-electron chi connectivity index (χ0n) is 11.4. The quantitative estimate of drug-likeness (QED) is 0.861. The molecule has 1 N–H and O–H groups in total. The Balaban J connectivity index is 2.20. The fourth-order valence-corrected chi connectivity index (χ4v) is 2.40. The minimum Gasteiger partial charge on any atom is -0.457 e. The van der Waals surface area contributed by atoms with E-state index in [2.05, 4.69) is 0 Å². The maximum Gasteiger partial charge on any atom is 0.257 e. The number of amides is 1. The van der Waals surface area contributed by atoms with Crippen molar-refractivity contribution in [2.75, 3.05) is 19.9 Å². The van der Waals surface area contributed by atoms with Crippen LogP contribution in [0.2, 0.25) is 0 Å². The van der Waals surface area contributed by atoms with E-state index in [1.165, 1.54) is 22.9 Å². The molecule has 0 radical (unpaired) electrons. The molecule has 1 aromatic heterocycles. The number of hydrogen-bond donors (Lipinski definition) is 1. The summed E-state index contributed by atoms with van der Waals surface area (Å²) in [5.74, 6) is -0.169. The van der Waals surface area contributed by atoms with E-state index in [9.17, 15) is 9.90 Å². The molecule has 0 aliphatic carbocycles. The number of rotatable bonds is 5. The van der Waals surface area contributed by atoms with Gasteiger partial charge in [-0.1, -0.05) is 42.1 Å². The van der Waals surface area contributed by atoms with Gasteiger partial charge in [0.15, 0.2) is 5.09 Å². The minimum absolute atomic E-state index is 0.126. The maximum absolute atomic E-state index is 12.4. The van der Waals surface area contributed by atoms with Crippen molar-refractivity contribution >= 4 is 17.7 Å². The third kappa shape index (κ3) is 3.05. The summed E-state index contributed by atoms with van der Waals surface area (Å²) in [6.07, 6.45) is 3.33. The minimum atomic E-state index is -0.365. The van der Waals surface area contributed by atoms with Crippen LogP contribution in [0.15, 0.2) is 52.2 Å². The van der Waals surface area contributed by atoms with Crippen LogP contribution >= 0.6 is 11.8 Å². The Bertz CT molecular complexity index is 568. The zero-order chi connectivity index (χ0) is 14.5. The van der Waals surface area contributed by atoms with E-state index < -0.39 is 0 Å². The van der Waals surface area contributed by atoms with Gasteiger partial charge < -0.3 is 14.4 Å². The highest BCUT2D eigenvalue weighted by atomic mass is 32.2. The monoisotopic (exact) mass is 291 g/mol. The van der Waals surface area contributed by atoms with E-state index in [1.807, 2.05) is 36.6 Å². The van der Waals surface area contributed by atoms with Gasteiger partial charge in [0.25, 0.3) is 5.91 Å². The van der Waals surface area contributed by atoms with Gasteiger partial charge >= 0.3 is 0 Å². The van der Waals surface area contributed by atoms with Crippen molar-refractivity contribution in [2.24, 2.45) is 0 Å². The van der Waals surface area contributed by atoms with Gasteiger partial charge in [-0.25, -0.2) is 0 Å². The number of carbonyl (C=O) groups excluding carboxylic acids is 1. The molecule has 1 atom stereocenters. The van der Waals surface area contributed by atoms with Crippen LogP contribution < -0.4 is 0 Å². The fourth-order valence-electron chi connectivity index (χ4n) is 2.01. The predicted molar refractivity (Wildman–Crippen MR) is 78.9 cm³/mol. The molecule has 0 fully saturated rings. The smallest absolute Gasteiger partial charge is 0.257 e. The van der Waals surface area contributed by atoms with Crippen LogP contribution in [-0.4, -0.2) is 35.8 Å². The lowest BCUT2D eigenvalue weighted by Gasteiger charge is -2.26. The van der Waals surface area contributed by atoms with Gasteiger partial charge in [0, 0.05) is 13.1 Å². The zero-order valence-corrected chi connectivity index (χ0v) is 12.3. The molecule has 1 heterocycles. The SMILES string of the molecule is CSc1cc(C(=O)N(C)C(CO)c2ccccc2)co1. The van der Waals surface area contributed by atoms with E-state index in [0.717, 1.165) is 5.56 Å². The number of carbonyl (C=O) groups is 1. The molecular weight excluding hydrogens is 274 g/mol. The predicted octanol–water partition coefficient (Wildman–Crippen LogP) is 2.81. The van der Waals surface area contributed by atoms with Crippen molar-refractivity contribution in [3.8, 4) is 0 Å². The molecule has 2 rings (SSSR count). The van der Waals surface area contributed by atoms with Gasteiger partial charge in [-0.2, -0.15) is 0 Å². The molecule has 0 saturated heterocycles. The number of thioether (sulfide) groups is 1. The molecule has 0 bridgehead atoms. The molecule has 2 aromatic rings. The number of furan rings is 1. The summed E-state index contributed by atoms with van der Waals surface area (Å²) in [5.41, 5.74) is 1.39. The number of aliphatic hydroxyl groups is 1. The number of hydrogen-bond acceptors (Lipinski definition) is 4. The number of benzene rings is 1. The van der Waals surface area contributed by atoms with E-state index in [0.29, 0.717) is 10.7 Å². The largest absolute Gasteiger partial charge is 0.457 e. The topological polar surface area (TPSA) is 53.7 Å². The van der Waals surface area contributed by atoms with E-state index in [-0.39, 0.29) is 18.6 Å². The normalized spacial score (nSPS) is 12.2. The summed E-state index contributed by atoms with van der Waals surface area (Å²) in [7, 11) is 1.68. The summed E-state index contributed by atoms with van der Waals surface area (Å²) < 4.78 is 5.26. The van der Waals surface area contributed by atoms with Gasteiger partial charge in [0.2, 0.25) is 0 Å². The third-order valence-corrected chi connectivity index (χ3v) is 3.79. The molecule has 20 heavy (non-hydrogen) atoms. The van der Waals surface area contributed by atoms with Crippen LogP contribution in [0.1, 0.15) is 22.0 Å². The molecule has 1 aromatic carbocycles. The van der Waals surface area contributed by atoms with Crippen LogP contribution in [0.25, 0.3) is 0 Å². The molecule has 0 aliphatic heterocycles.